The highest BCUT2D eigenvalue weighted by molar-refractivity contribution is 6.74. The first-order chi connectivity index (χ1) is 26.4. The van der Waals surface area contributed by atoms with Crippen LogP contribution in [0.25, 0.3) is 17.0 Å². The molecule has 2 aromatic carbocycles. The maximum atomic E-state index is 11.6. The van der Waals surface area contributed by atoms with Crippen LogP contribution in [-0.4, -0.2) is 47.6 Å². The Hall–Kier alpha value is -3.27. The summed E-state index contributed by atoms with van der Waals surface area (Å²) < 4.78 is 36.7. The lowest BCUT2D eigenvalue weighted by Crippen LogP contribution is -2.50. The zero-order valence-corrected chi connectivity index (χ0v) is 37.9. The van der Waals surface area contributed by atoms with Gasteiger partial charge in [0.2, 0.25) is 0 Å². The van der Waals surface area contributed by atoms with Gasteiger partial charge in [0.15, 0.2) is 8.32 Å². The van der Waals surface area contributed by atoms with Crippen LogP contribution in [0.15, 0.2) is 93.7 Å². The van der Waals surface area contributed by atoms with Crippen molar-refractivity contribution < 1.29 is 27.8 Å². The Kier molecular flexibility index (Phi) is 18.5. The average Bonchev–Trinajstić information content (AvgIpc) is 3.14. The third kappa shape index (κ3) is 14.0. The Morgan fingerprint density at radius 1 is 0.839 bits per heavy atom. The van der Waals surface area contributed by atoms with Crippen LogP contribution >= 0.6 is 0 Å². The zero-order valence-electron chi connectivity index (χ0n) is 36.9. The summed E-state index contributed by atoms with van der Waals surface area (Å²) in [6.45, 7) is 28.2. The molecule has 1 heterocycles. The molecule has 0 saturated heterocycles. The van der Waals surface area contributed by atoms with E-state index in [9.17, 15) is 4.79 Å². The van der Waals surface area contributed by atoms with Gasteiger partial charge in [0, 0.05) is 42.2 Å². The Balaban J connectivity index is 1.88. The van der Waals surface area contributed by atoms with Gasteiger partial charge in [-0.15, -0.1) is 0 Å². The second-order valence-corrected chi connectivity index (χ2v) is 22.1. The minimum atomic E-state index is -2.15. The van der Waals surface area contributed by atoms with Gasteiger partial charge in [-0.25, -0.2) is 4.79 Å². The molecule has 0 N–H and O–H groups in total. The summed E-state index contributed by atoms with van der Waals surface area (Å²) in [4.78, 5) is 11.6. The monoisotopic (exact) mass is 789 g/mol. The maximum Gasteiger partial charge on any atom is 0.336 e. The number of rotatable bonds is 22. The van der Waals surface area contributed by atoms with Crippen LogP contribution in [0.4, 0.5) is 0 Å². The van der Waals surface area contributed by atoms with E-state index in [0.29, 0.717) is 12.2 Å². The number of allylic oxidation sites excluding steroid dienone is 2. The SMILES string of the molecule is CC/C=C\[C@H](C)[C@H](OCc1ccc(OC)cc1)[C@@H](C)[C@H](O[Si](C)(C)C(C)(C)C)[C@@H](C)C/C(C)=C\[C@H](C)[C@@H](OCOC)[C@@H](C)/C=C\c1ccc2oc(=O)ccc2c1. The van der Waals surface area contributed by atoms with Crippen LogP contribution in [0.2, 0.25) is 18.1 Å². The summed E-state index contributed by atoms with van der Waals surface area (Å²) in [5, 5.41) is 0.954. The van der Waals surface area contributed by atoms with Crippen LogP contribution in [-0.2, 0) is 25.2 Å². The lowest BCUT2D eigenvalue weighted by molar-refractivity contribution is -0.0947. The van der Waals surface area contributed by atoms with E-state index in [0.717, 1.165) is 35.1 Å². The second-order valence-electron chi connectivity index (χ2n) is 17.4. The average molecular weight is 789 g/mol. The lowest BCUT2D eigenvalue weighted by atomic mass is 9.81. The number of ether oxygens (including phenoxy) is 4. The summed E-state index contributed by atoms with van der Waals surface area (Å²) in [7, 11) is 1.20. The van der Waals surface area contributed by atoms with E-state index in [1.54, 1.807) is 20.3 Å². The Morgan fingerprint density at radius 2 is 1.52 bits per heavy atom. The van der Waals surface area contributed by atoms with E-state index in [-0.39, 0.29) is 65.4 Å². The molecule has 1 aromatic heterocycles. The molecule has 8 heteroatoms. The fourth-order valence-electron chi connectivity index (χ4n) is 7.33. The molecule has 0 saturated carbocycles. The Bertz CT molecular complexity index is 1770. The van der Waals surface area contributed by atoms with E-state index >= 15 is 0 Å². The van der Waals surface area contributed by atoms with Crippen molar-refractivity contribution in [2.75, 3.05) is 21.0 Å². The highest BCUT2D eigenvalue weighted by Gasteiger charge is 2.43. The molecule has 3 aromatic rings. The molecule has 0 spiro atoms. The third-order valence-corrected chi connectivity index (χ3v) is 15.9. The molecule has 3 rings (SSSR count). The molecule has 0 fully saturated rings. The smallest absolute Gasteiger partial charge is 0.336 e. The molecule has 0 aliphatic heterocycles. The molecule has 310 valence electrons. The number of hydrogen-bond acceptors (Lipinski definition) is 7. The summed E-state index contributed by atoms with van der Waals surface area (Å²) in [5.41, 5.74) is 3.70. The zero-order chi connectivity index (χ0) is 41.6. The van der Waals surface area contributed by atoms with Gasteiger partial charge in [-0.2, -0.15) is 0 Å². The number of methoxy groups -OCH3 is 2. The fourth-order valence-corrected chi connectivity index (χ4v) is 8.81. The summed E-state index contributed by atoms with van der Waals surface area (Å²) in [5.74, 6) is 1.65. The van der Waals surface area contributed by atoms with Gasteiger partial charge in [-0.3, -0.25) is 0 Å². The van der Waals surface area contributed by atoms with Gasteiger partial charge in [-0.05, 0) is 85.3 Å². The minimum absolute atomic E-state index is 0.00901. The minimum Gasteiger partial charge on any atom is -0.497 e. The molecule has 0 radical (unpaired) electrons. The standard InChI is InChI=1S/C48H72O7Si/c1-15-16-17-34(3)46(52-31-40-20-24-42(51-12)25-21-40)38(7)47(55-56(13,14)48(8,9)10)37(6)29-33(2)28-36(5)45(53-32-50-11)35(4)18-19-39-22-26-43-41(30-39)23-27-44(49)54-43/h16-28,30,34-38,45-47H,15,29,31-32H2,1-14H3/b17-16-,19-18-,33-28-/t34-,35-,36-,37-,38+,45-,46-,47+/m0/s1. The van der Waals surface area contributed by atoms with Crippen molar-refractivity contribution in [3.8, 4) is 5.75 Å². The number of hydrogen-bond donors (Lipinski definition) is 0. The van der Waals surface area contributed by atoms with E-state index in [1.165, 1.54) is 11.6 Å². The molecule has 7 nitrogen and oxygen atoms in total. The normalized spacial score (nSPS) is 17.5. The van der Waals surface area contributed by atoms with Crippen molar-refractivity contribution in [3.63, 3.8) is 0 Å². The predicted molar refractivity (Wildman–Crippen MR) is 236 cm³/mol. The van der Waals surface area contributed by atoms with Crippen molar-refractivity contribution in [3.05, 3.63) is 106 Å². The molecular formula is C48H72O7Si. The predicted octanol–water partition coefficient (Wildman–Crippen LogP) is 12.3. The van der Waals surface area contributed by atoms with E-state index in [1.807, 2.05) is 30.3 Å². The van der Waals surface area contributed by atoms with E-state index < -0.39 is 8.32 Å². The number of benzene rings is 2. The summed E-state index contributed by atoms with van der Waals surface area (Å²) in [6.07, 6.45) is 13.0. The largest absolute Gasteiger partial charge is 0.497 e. The molecule has 0 aliphatic rings. The first kappa shape index (κ1) is 47.1. The van der Waals surface area contributed by atoms with Gasteiger partial charge < -0.3 is 27.8 Å². The number of fused-ring (bicyclic) bond motifs is 1. The van der Waals surface area contributed by atoms with E-state index in [2.05, 4.69) is 125 Å². The maximum absolute atomic E-state index is 11.6. The molecule has 0 amide bonds. The molecule has 8 atom stereocenters. The van der Waals surface area contributed by atoms with Gasteiger partial charge in [0.05, 0.1) is 32.0 Å². The van der Waals surface area contributed by atoms with Gasteiger partial charge in [0.1, 0.15) is 18.1 Å². The van der Waals surface area contributed by atoms with Crippen molar-refractivity contribution in [2.24, 2.45) is 29.6 Å². The third-order valence-electron chi connectivity index (χ3n) is 11.5. The summed E-state index contributed by atoms with van der Waals surface area (Å²) in [6, 6.07) is 17.2. The van der Waals surface area contributed by atoms with Crippen molar-refractivity contribution in [1.29, 1.82) is 0 Å². The molecule has 0 aliphatic carbocycles. The highest BCUT2D eigenvalue weighted by atomic mass is 28.4. The van der Waals surface area contributed by atoms with Crippen LogP contribution in [0.1, 0.15) is 93.2 Å². The summed E-state index contributed by atoms with van der Waals surface area (Å²) >= 11 is 0. The van der Waals surface area contributed by atoms with Crippen molar-refractivity contribution >= 4 is 25.4 Å². The van der Waals surface area contributed by atoms with Crippen molar-refractivity contribution in [2.45, 2.75) is 125 Å². The second kappa shape index (κ2) is 22.0. The molecule has 56 heavy (non-hydrogen) atoms. The first-order valence-corrected chi connectivity index (χ1v) is 23.4. The highest BCUT2D eigenvalue weighted by Crippen LogP contribution is 2.41. The van der Waals surface area contributed by atoms with E-state index in [4.69, 9.17) is 27.8 Å². The quantitative estimate of drug-likeness (QED) is 0.0434. The topological polar surface area (TPSA) is 76.4 Å². The van der Waals surface area contributed by atoms with Crippen molar-refractivity contribution in [1.82, 2.24) is 0 Å². The van der Waals surface area contributed by atoms with Crippen LogP contribution < -0.4 is 10.4 Å². The lowest BCUT2D eigenvalue weighted by Gasteiger charge is -2.45. The van der Waals surface area contributed by atoms with Gasteiger partial charge >= 0.3 is 5.63 Å². The Labute approximate surface area is 339 Å². The van der Waals surface area contributed by atoms with Crippen LogP contribution in [0.3, 0.4) is 0 Å². The van der Waals surface area contributed by atoms with Crippen LogP contribution in [0.5, 0.6) is 5.75 Å². The fraction of sp³-hybridized carbons (Fsp3) is 0.562. The first-order valence-electron chi connectivity index (χ1n) is 20.5. The molecule has 0 bridgehead atoms. The van der Waals surface area contributed by atoms with Gasteiger partial charge in [-0.1, -0.05) is 116 Å². The van der Waals surface area contributed by atoms with Gasteiger partial charge in [0.25, 0.3) is 0 Å². The Morgan fingerprint density at radius 3 is 2.14 bits per heavy atom. The molecular weight excluding hydrogens is 717 g/mol. The molecule has 0 unspecified atom stereocenters. The van der Waals surface area contributed by atoms with Crippen LogP contribution in [0, 0.1) is 29.6 Å².